The van der Waals surface area contributed by atoms with Crippen molar-refractivity contribution in [2.45, 2.75) is 103 Å². The van der Waals surface area contributed by atoms with Crippen LogP contribution in [0.3, 0.4) is 0 Å². The highest BCUT2D eigenvalue weighted by molar-refractivity contribution is 7.93. The minimum absolute atomic E-state index is 0.0124. The molecule has 1 unspecified atom stereocenters. The third kappa shape index (κ3) is 3.38. The molecular formula is C28H47ClO3S. The van der Waals surface area contributed by atoms with E-state index < -0.39 is 14.5 Å². The molecule has 1 spiro atoms. The Kier molecular flexibility index (Phi) is 6.11. The Morgan fingerprint density at radius 2 is 1.76 bits per heavy atom. The first-order valence-electron chi connectivity index (χ1n) is 13.8. The summed E-state index contributed by atoms with van der Waals surface area (Å²) in [7, 11) is -1.32. The number of methoxy groups -OCH3 is 1. The predicted octanol–water partition coefficient (Wildman–Crippen LogP) is 6.93. The fraction of sp³-hybridized carbons (Fsp3) is 1.00. The SMILES string of the molecule is CO[C@@H]1C[C@H]2[C@@H]3CC[C@H]([C@H](C)C(Cl)S(=O)(=O)CCC(C)C)[C@@]3(C)CC[C@@H]2[C@@]2(C)CC[C@@H]3C[C@]312. The monoisotopic (exact) mass is 498 g/mol. The second-order valence-electron chi connectivity index (χ2n) is 13.7. The molecule has 0 amide bonds. The van der Waals surface area contributed by atoms with Crippen LogP contribution in [-0.2, 0) is 14.6 Å². The Balaban J connectivity index is 1.37. The molecule has 3 nitrogen and oxygen atoms in total. The van der Waals surface area contributed by atoms with Gasteiger partial charge in [-0.2, -0.15) is 0 Å². The molecular weight excluding hydrogens is 452 g/mol. The lowest BCUT2D eigenvalue weighted by molar-refractivity contribution is -0.160. The van der Waals surface area contributed by atoms with Gasteiger partial charge in [0.2, 0.25) is 0 Å². The molecule has 0 bridgehead atoms. The Bertz CT molecular complexity index is 872. The second kappa shape index (κ2) is 8.10. The van der Waals surface area contributed by atoms with Crippen LogP contribution >= 0.6 is 11.6 Å². The van der Waals surface area contributed by atoms with Crippen LogP contribution in [0, 0.1) is 57.7 Å². The highest BCUT2D eigenvalue weighted by atomic mass is 35.5. The van der Waals surface area contributed by atoms with Gasteiger partial charge >= 0.3 is 0 Å². The molecule has 0 aromatic carbocycles. The Hall–Kier alpha value is 0.200. The Morgan fingerprint density at radius 3 is 2.39 bits per heavy atom. The molecule has 5 fully saturated rings. The van der Waals surface area contributed by atoms with Gasteiger partial charge in [-0.3, -0.25) is 0 Å². The van der Waals surface area contributed by atoms with Crippen LogP contribution in [0.2, 0.25) is 0 Å². The number of ether oxygens (including phenoxy) is 1. The van der Waals surface area contributed by atoms with Crippen molar-refractivity contribution >= 4 is 21.4 Å². The summed E-state index contributed by atoms with van der Waals surface area (Å²) in [5.74, 6) is 4.17. The highest BCUT2D eigenvalue weighted by Gasteiger charge is 2.77. The van der Waals surface area contributed by atoms with Crippen molar-refractivity contribution in [1.29, 1.82) is 0 Å². The van der Waals surface area contributed by atoms with Gasteiger partial charge in [0.1, 0.15) is 4.71 Å². The molecule has 190 valence electrons. The van der Waals surface area contributed by atoms with E-state index in [-0.39, 0.29) is 17.1 Å². The van der Waals surface area contributed by atoms with Gasteiger partial charge in [-0.1, -0.05) is 34.6 Å². The van der Waals surface area contributed by atoms with E-state index in [1.165, 1.54) is 44.9 Å². The number of hydrogen-bond acceptors (Lipinski definition) is 3. The van der Waals surface area contributed by atoms with Gasteiger partial charge in [-0.15, -0.1) is 11.6 Å². The molecule has 0 heterocycles. The number of hydrogen-bond donors (Lipinski definition) is 0. The maximum absolute atomic E-state index is 13.1. The standard InChI is InChI=1S/C28H47ClO3S/c1-17(2)11-14-33(30,31)25(29)18(3)21-7-8-22-20-15-24(32-6)28-16-19(28)9-13-27(28,5)23(20)10-12-26(21,22)4/h17-25H,7-16H2,1-6H3/t18-,19+,20-,21+,22-,23-,24+,25?,26+,27+,28-/m0/s1. The summed E-state index contributed by atoms with van der Waals surface area (Å²) in [6.07, 6.45) is 11.5. The number of alkyl halides is 1. The van der Waals surface area contributed by atoms with Gasteiger partial charge in [0.15, 0.2) is 9.84 Å². The normalized spacial score (nSPS) is 50.3. The maximum Gasteiger partial charge on any atom is 0.167 e. The van der Waals surface area contributed by atoms with Crippen molar-refractivity contribution in [2.24, 2.45) is 57.7 Å². The number of halogens is 1. The number of sulfone groups is 1. The lowest BCUT2D eigenvalue weighted by Crippen LogP contribution is -2.57. The lowest BCUT2D eigenvalue weighted by Gasteiger charge is -2.61. The lowest BCUT2D eigenvalue weighted by atomic mass is 9.45. The van der Waals surface area contributed by atoms with Gasteiger partial charge in [-0.25, -0.2) is 8.42 Å². The molecule has 0 radical (unpaired) electrons. The summed E-state index contributed by atoms with van der Waals surface area (Å²) >= 11 is 6.77. The second-order valence-corrected chi connectivity index (χ2v) is 16.7. The van der Waals surface area contributed by atoms with Crippen LogP contribution in [0.15, 0.2) is 0 Å². The largest absolute Gasteiger partial charge is 0.381 e. The first-order chi connectivity index (χ1) is 15.4. The average Bonchev–Trinajstić information content (AvgIpc) is 3.27. The molecule has 11 atom stereocenters. The van der Waals surface area contributed by atoms with E-state index in [4.69, 9.17) is 16.3 Å². The third-order valence-electron chi connectivity index (χ3n) is 12.3. The van der Waals surface area contributed by atoms with Gasteiger partial charge in [0.05, 0.1) is 11.9 Å². The first kappa shape index (κ1) is 24.9. The Labute approximate surface area is 208 Å². The van der Waals surface area contributed by atoms with Crippen molar-refractivity contribution < 1.29 is 13.2 Å². The predicted molar refractivity (Wildman–Crippen MR) is 136 cm³/mol. The van der Waals surface area contributed by atoms with E-state index >= 15 is 0 Å². The summed E-state index contributed by atoms with van der Waals surface area (Å²) in [4.78, 5) is 0. The van der Waals surface area contributed by atoms with E-state index in [0.29, 0.717) is 41.1 Å². The highest BCUT2D eigenvalue weighted by Crippen LogP contribution is 2.82. The summed E-state index contributed by atoms with van der Waals surface area (Å²) in [6, 6.07) is 0. The van der Waals surface area contributed by atoms with Crippen LogP contribution in [0.5, 0.6) is 0 Å². The van der Waals surface area contributed by atoms with E-state index in [0.717, 1.165) is 24.2 Å². The fourth-order valence-electron chi connectivity index (χ4n) is 10.5. The molecule has 0 aromatic rings. The van der Waals surface area contributed by atoms with E-state index in [2.05, 4.69) is 34.6 Å². The third-order valence-corrected chi connectivity index (χ3v) is 15.4. The molecule has 5 aliphatic carbocycles. The average molecular weight is 499 g/mol. The summed E-state index contributed by atoms with van der Waals surface area (Å²) < 4.78 is 31.6. The van der Waals surface area contributed by atoms with Crippen molar-refractivity contribution in [3.63, 3.8) is 0 Å². The minimum Gasteiger partial charge on any atom is -0.381 e. The van der Waals surface area contributed by atoms with Gasteiger partial charge in [-0.05, 0) is 110 Å². The molecule has 5 aliphatic rings. The van der Waals surface area contributed by atoms with E-state index in [1.807, 2.05) is 7.11 Å². The van der Waals surface area contributed by atoms with Crippen molar-refractivity contribution in [1.82, 2.24) is 0 Å². The molecule has 0 aliphatic heterocycles. The van der Waals surface area contributed by atoms with Crippen LogP contribution in [0.4, 0.5) is 0 Å². The van der Waals surface area contributed by atoms with Gasteiger partial charge in [0, 0.05) is 12.5 Å². The summed E-state index contributed by atoms with van der Waals surface area (Å²) in [6.45, 7) is 11.4. The molecule has 33 heavy (non-hydrogen) atoms. The summed E-state index contributed by atoms with van der Waals surface area (Å²) in [5.41, 5.74) is 1.12. The molecule has 5 rings (SSSR count). The van der Waals surface area contributed by atoms with Gasteiger partial charge in [0.25, 0.3) is 0 Å². The quantitative estimate of drug-likeness (QED) is 0.357. The summed E-state index contributed by atoms with van der Waals surface area (Å²) in [5, 5.41) is 0. The molecule has 5 saturated carbocycles. The van der Waals surface area contributed by atoms with Crippen LogP contribution in [-0.4, -0.2) is 32.1 Å². The zero-order chi connectivity index (χ0) is 24.0. The van der Waals surface area contributed by atoms with Crippen molar-refractivity contribution in [3.05, 3.63) is 0 Å². The molecule has 0 aromatic heterocycles. The number of fused-ring (bicyclic) bond motifs is 4. The maximum atomic E-state index is 13.1. The van der Waals surface area contributed by atoms with E-state index in [9.17, 15) is 8.42 Å². The molecule has 5 heteroatoms. The zero-order valence-corrected chi connectivity index (χ0v) is 23.4. The number of rotatable bonds is 7. The van der Waals surface area contributed by atoms with Crippen LogP contribution < -0.4 is 0 Å². The van der Waals surface area contributed by atoms with Crippen LogP contribution in [0.1, 0.15) is 92.4 Å². The fourth-order valence-corrected chi connectivity index (χ4v) is 12.8. The van der Waals surface area contributed by atoms with Crippen LogP contribution in [0.25, 0.3) is 0 Å². The minimum atomic E-state index is -3.27. The van der Waals surface area contributed by atoms with Gasteiger partial charge < -0.3 is 4.74 Å². The Morgan fingerprint density at radius 1 is 1.03 bits per heavy atom. The molecule has 0 N–H and O–H groups in total. The van der Waals surface area contributed by atoms with E-state index in [1.54, 1.807) is 0 Å². The topological polar surface area (TPSA) is 43.4 Å². The zero-order valence-electron chi connectivity index (χ0n) is 21.8. The van der Waals surface area contributed by atoms with Crippen molar-refractivity contribution in [2.75, 3.05) is 12.9 Å². The smallest absolute Gasteiger partial charge is 0.167 e. The first-order valence-corrected chi connectivity index (χ1v) is 16.0. The van der Waals surface area contributed by atoms with Crippen molar-refractivity contribution in [3.8, 4) is 0 Å². The molecule has 0 saturated heterocycles.